The highest BCUT2D eigenvalue weighted by molar-refractivity contribution is 5.97. The van der Waals surface area contributed by atoms with Gasteiger partial charge >= 0.3 is 5.97 Å². The standard InChI is InChI=1S/C25H26F3N7O4/c1-3-39-33-18-9-34(11-25(18,2)10-30-12-4-5-12)22-16(27)6-13-19(36)14(24(37)38)8-35(21(13)32-22)23-17(28)7-15(26)20(29)31-23/h6-8,12,30H,3-5,9-11H2,1-2H3,(H2,29,31)(H,37,38)/b33-18-. The number of nitrogens with two attached hydrogens (primary N) is 1. The van der Waals surface area contributed by atoms with Crippen LogP contribution in [-0.2, 0) is 4.84 Å². The van der Waals surface area contributed by atoms with Crippen LogP contribution in [-0.4, -0.2) is 63.6 Å². The number of aromatic carboxylic acids is 1. The molecule has 11 nitrogen and oxygen atoms in total. The van der Waals surface area contributed by atoms with Crippen LogP contribution in [0.5, 0.6) is 0 Å². The summed E-state index contributed by atoms with van der Waals surface area (Å²) in [6.45, 7) is 5.12. The number of halogens is 3. The van der Waals surface area contributed by atoms with Gasteiger partial charge in [0.25, 0.3) is 0 Å². The molecule has 1 unspecified atom stereocenters. The van der Waals surface area contributed by atoms with Gasteiger partial charge in [-0.3, -0.25) is 9.36 Å². The van der Waals surface area contributed by atoms with E-state index in [0.717, 1.165) is 29.7 Å². The molecule has 206 valence electrons. The normalized spacial score (nSPS) is 20.2. The summed E-state index contributed by atoms with van der Waals surface area (Å²) in [5.74, 6) is -6.29. The second-order valence-corrected chi connectivity index (χ2v) is 9.90. The van der Waals surface area contributed by atoms with Gasteiger partial charge in [0.1, 0.15) is 12.2 Å². The number of oxime groups is 1. The largest absolute Gasteiger partial charge is 0.477 e. The van der Waals surface area contributed by atoms with Crippen molar-refractivity contribution >= 4 is 34.4 Å². The number of pyridine rings is 3. The molecule has 0 bridgehead atoms. The molecule has 0 amide bonds. The summed E-state index contributed by atoms with van der Waals surface area (Å²) < 4.78 is 45.0. The first kappa shape index (κ1) is 26.4. The zero-order valence-corrected chi connectivity index (χ0v) is 21.2. The van der Waals surface area contributed by atoms with Gasteiger partial charge in [-0.1, -0.05) is 12.1 Å². The molecule has 14 heteroatoms. The molecule has 39 heavy (non-hydrogen) atoms. The van der Waals surface area contributed by atoms with Crippen molar-refractivity contribution < 1.29 is 27.9 Å². The van der Waals surface area contributed by atoms with Crippen molar-refractivity contribution in [3.05, 3.63) is 51.6 Å². The number of nitrogens with zero attached hydrogens (tertiary/aromatic N) is 5. The average molecular weight is 546 g/mol. The lowest BCUT2D eigenvalue weighted by Crippen LogP contribution is -2.39. The zero-order valence-electron chi connectivity index (χ0n) is 21.2. The highest BCUT2D eigenvalue weighted by Crippen LogP contribution is 2.34. The maximum atomic E-state index is 15.5. The van der Waals surface area contributed by atoms with E-state index in [1.807, 2.05) is 6.92 Å². The van der Waals surface area contributed by atoms with E-state index in [1.54, 1.807) is 11.8 Å². The van der Waals surface area contributed by atoms with E-state index in [1.165, 1.54) is 0 Å². The molecule has 0 spiro atoms. The fourth-order valence-electron chi connectivity index (χ4n) is 4.58. The number of hydrogen-bond donors (Lipinski definition) is 3. The van der Waals surface area contributed by atoms with Crippen molar-refractivity contribution in [3.63, 3.8) is 0 Å². The molecule has 2 fully saturated rings. The minimum absolute atomic E-state index is 0.159. The lowest BCUT2D eigenvalue weighted by molar-refractivity contribution is 0.0695. The quantitative estimate of drug-likeness (QED) is 0.363. The molecule has 2 aliphatic rings. The summed E-state index contributed by atoms with van der Waals surface area (Å²) in [6, 6.07) is 1.75. The van der Waals surface area contributed by atoms with Gasteiger partial charge in [-0.25, -0.2) is 27.9 Å². The molecule has 3 aromatic rings. The number of rotatable bonds is 8. The molecular weight excluding hydrogens is 519 g/mol. The van der Waals surface area contributed by atoms with Crippen LogP contribution < -0.4 is 21.4 Å². The topological polar surface area (TPSA) is 148 Å². The van der Waals surface area contributed by atoms with Gasteiger partial charge in [-0.15, -0.1) is 0 Å². The number of fused-ring (bicyclic) bond motifs is 1. The molecule has 1 saturated carbocycles. The van der Waals surface area contributed by atoms with Crippen molar-refractivity contribution in [3.8, 4) is 5.82 Å². The summed E-state index contributed by atoms with van der Waals surface area (Å²) in [7, 11) is 0. The zero-order chi connectivity index (χ0) is 28.1. The van der Waals surface area contributed by atoms with Crippen LogP contribution in [0.4, 0.5) is 24.8 Å². The van der Waals surface area contributed by atoms with Crippen molar-refractivity contribution in [2.24, 2.45) is 10.6 Å². The lowest BCUT2D eigenvalue weighted by atomic mass is 9.88. The van der Waals surface area contributed by atoms with E-state index in [9.17, 15) is 23.5 Å². The summed E-state index contributed by atoms with van der Waals surface area (Å²) in [4.78, 5) is 39.6. The third-order valence-electron chi connectivity index (χ3n) is 6.85. The highest BCUT2D eigenvalue weighted by atomic mass is 19.1. The summed E-state index contributed by atoms with van der Waals surface area (Å²) in [5.41, 5.74) is 3.56. The fourth-order valence-corrected chi connectivity index (χ4v) is 4.58. The molecule has 4 heterocycles. The van der Waals surface area contributed by atoms with Gasteiger partial charge in [0, 0.05) is 36.8 Å². The molecule has 4 N–H and O–H groups in total. The molecule has 0 aromatic carbocycles. The predicted molar refractivity (Wildman–Crippen MR) is 137 cm³/mol. The minimum Gasteiger partial charge on any atom is -0.477 e. The van der Waals surface area contributed by atoms with Crippen LogP contribution in [0.1, 0.15) is 37.0 Å². The Morgan fingerprint density at radius 2 is 1.95 bits per heavy atom. The van der Waals surface area contributed by atoms with E-state index in [2.05, 4.69) is 20.4 Å². The highest BCUT2D eigenvalue weighted by Gasteiger charge is 2.43. The molecule has 1 aliphatic carbocycles. The molecule has 3 aromatic heterocycles. The van der Waals surface area contributed by atoms with E-state index >= 15 is 4.39 Å². The third kappa shape index (κ3) is 4.87. The molecule has 1 atom stereocenters. The van der Waals surface area contributed by atoms with Crippen molar-refractivity contribution in [1.82, 2.24) is 19.9 Å². The number of nitrogen functional groups attached to an aromatic ring is 1. The summed E-state index contributed by atoms with van der Waals surface area (Å²) >= 11 is 0. The molecule has 1 saturated heterocycles. The van der Waals surface area contributed by atoms with Crippen LogP contribution in [0.3, 0.4) is 0 Å². The molecule has 1 aliphatic heterocycles. The van der Waals surface area contributed by atoms with Crippen molar-refractivity contribution in [2.45, 2.75) is 32.7 Å². The Morgan fingerprint density at radius 3 is 2.62 bits per heavy atom. The van der Waals surface area contributed by atoms with Gasteiger partial charge in [0.05, 0.1) is 17.6 Å². The number of carboxylic acids is 1. The van der Waals surface area contributed by atoms with Crippen molar-refractivity contribution in [1.29, 1.82) is 0 Å². The van der Waals surface area contributed by atoms with Gasteiger partial charge in [-0.05, 0) is 25.8 Å². The van der Waals surface area contributed by atoms with Crippen LogP contribution >= 0.6 is 0 Å². The minimum atomic E-state index is -1.63. The van der Waals surface area contributed by atoms with Crippen LogP contribution in [0, 0.1) is 22.9 Å². The SMILES string of the molecule is CCO/N=C1/CN(c2nc3c(cc2F)c(=O)c(C(=O)O)cn3-c2nc(N)c(F)cc2F)CC1(C)CNC1CC1. The Labute approximate surface area is 220 Å². The van der Waals surface area contributed by atoms with Gasteiger partial charge in [0.15, 0.2) is 40.6 Å². The molecule has 5 rings (SSSR count). The Hall–Kier alpha value is -4.20. The van der Waals surface area contributed by atoms with Crippen LogP contribution in [0.2, 0.25) is 0 Å². The monoisotopic (exact) mass is 545 g/mol. The summed E-state index contributed by atoms with van der Waals surface area (Å²) in [6.07, 6.45) is 2.96. The number of hydrogen-bond acceptors (Lipinski definition) is 9. The summed E-state index contributed by atoms with van der Waals surface area (Å²) in [5, 5.41) is 16.8. The Bertz CT molecular complexity index is 1570. The van der Waals surface area contributed by atoms with Gasteiger partial charge in [0.2, 0.25) is 5.43 Å². The second kappa shape index (κ2) is 9.84. The predicted octanol–water partition coefficient (Wildman–Crippen LogP) is 2.45. The van der Waals surface area contributed by atoms with Gasteiger partial charge in [-0.2, -0.15) is 0 Å². The lowest BCUT2D eigenvalue weighted by Gasteiger charge is -2.25. The number of anilines is 2. The number of nitrogens with one attached hydrogen (secondary N) is 1. The van der Waals surface area contributed by atoms with Gasteiger partial charge < -0.3 is 25.9 Å². The first-order valence-corrected chi connectivity index (χ1v) is 12.3. The Morgan fingerprint density at radius 1 is 1.23 bits per heavy atom. The maximum Gasteiger partial charge on any atom is 0.341 e. The van der Waals surface area contributed by atoms with Crippen molar-refractivity contribution in [2.75, 3.05) is 36.9 Å². The van der Waals surface area contributed by atoms with E-state index in [-0.39, 0.29) is 18.0 Å². The molecule has 0 radical (unpaired) electrons. The van der Waals surface area contributed by atoms with Crippen LogP contribution in [0.25, 0.3) is 16.9 Å². The van der Waals surface area contributed by atoms with E-state index in [4.69, 9.17) is 10.6 Å². The number of carboxylic acid groups (broad SMARTS) is 1. The van der Waals surface area contributed by atoms with E-state index in [0.29, 0.717) is 37.5 Å². The first-order chi connectivity index (χ1) is 18.5. The van der Waals surface area contributed by atoms with E-state index < -0.39 is 56.9 Å². The smallest absolute Gasteiger partial charge is 0.341 e. The van der Waals surface area contributed by atoms with Crippen LogP contribution in [0.15, 0.2) is 28.3 Å². The first-order valence-electron chi connectivity index (χ1n) is 12.3. The number of aromatic nitrogens is 3. The third-order valence-corrected chi connectivity index (χ3v) is 6.85. The molecular formula is C25H26F3N7O4. The average Bonchev–Trinajstić information content (AvgIpc) is 3.66. The maximum absolute atomic E-state index is 15.5. The number of carbonyl (C=O) groups is 1. The Kier molecular flexibility index (Phi) is 6.66. The second-order valence-electron chi connectivity index (χ2n) is 9.90. The Balaban J connectivity index is 1.67. The fraction of sp³-hybridized carbons (Fsp3) is 0.400.